The van der Waals surface area contributed by atoms with Gasteiger partial charge in [-0.05, 0) is 35.9 Å². The summed E-state index contributed by atoms with van der Waals surface area (Å²) in [7, 11) is 0. The van der Waals surface area contributed by atoms with Crippen molar-refractivity contribution in [2.75, 3.05) is 6.79 Å². The summed E-state index contributed by atoms with van der Waals surface area (Å²) in [6.07, 6.45) is 1.30. The molecular weight excluding hydrogens is 424 g/mol. The second kappa shape index (κ2) is 7.73. The van der Waals surface area contributed by atoms with Crippen LogP contribution in [-0.4, -0.2) is 37.2 Å². The number of nitrogens with one attached hydrogen (secondary N) is 1. The van der Waals surface area contributed by atoms with Crippen LogP contribution in [0.15, 0.2) is 53.6 Å². The molecule has 0 spiro atoms. The number of rotatable bonds is 5. The minimum atomic E-state index is -0.462. The van der Waals surface area contributed by atoms with Crippen LogP contribution in [0.25, 0.3) is 16.9 Å². The predicted octanol–water partition coefficient (Wildman–Crippen LogP) is 1.68. The van der Waals surface area contributed by atoms with Crippen molar-refractivity contribution in [3.8, 4) is 17.2 Å². The standard InChI is InChI=1S/C20H15ClN6O4/c21-13-2-1-3-14(7-13)27-19-18(24-25-27)20(29)26(10-23-19)9-17(28)22-8-12-4-5-15-16(6-12)31-11-30-15/h1-7,10H,8-9,11H2,(H,22,28). The van der Waals surface area contributed by atoms with Gasteiger partial charge in [0.2, 0.25) is 12.7 Å². The normalized spacial score (nSPS) is 12.3. The molecule has 0 aliphatic carbocycles. The Morgan fingerprint density at radius 3 is 2.90 bits per heavy atom. The topological polar surface area (TPSA) is 113 Å². The van der Waals surface area contributed by atoms with Crippen LogP contribution in [0.2, 0.25) is 5.02 Å². The van der Waals surface area contributed by atoms with Gasteiger partial charge < -0.3 is 14.8 Å². The summed E-state index contributed by atoms with van der Waals surface area (Å²) in [6, 6.07) is 12.4. The summed E-state index contributed by atoms with van der Waals surface area (Å²) in [6.45, 7) is 0.271. The zero-order valence-corrected chi connectivity index (χ0v) is 16.7. The lowest BCUT2D eigenvalue weighted by molar-refractivity contribution is -0.121. The monoisotopic (exact) mass is 438 g/mol. The van der Waals surface area contributed by atoms with E-state index in [1.54, 1.807) is 36.4 Å². The Hall–Kier alpha value is -3.92. The Labute approximate surface area is 180 Å². The number of fused-ring (bicyclic) bond motifs is 2. The van der Waals surface area contributed by atoms with Crippen LogP contribution in [-0.2, 0) is 17.9 Å². The van der Waals surface area contributed by atoms with E-state index in [2.05, 4.69) is 20.6 Å². The summed E-state index contributed by atoms with van der Waals surface area (Å²) in [5, 5.41) is 11.2. The maximum absolute atomic E-state index is 12.7. The molecule has 10 nitrogen and oxygen atoms in total. The van der Waals surface area contributed by atoms with Crippen molar-refractivity contribution >= 4 is 28.7 Å². The Bertz CT molecular complexity index is 1370. The van der Waals surface area contributed by atoms with E-state index in [1.165, 1.54) is 15.6 Å². The lowest BCUT2D eigenvalue weighted by atomic mass is 10.2. The number of benzene rings is 2. The Balaban J connectivity index is 1.32. The Kier molecular flexibility index (Phi) is 4.75. The number of halogens is 1. The molecule has 2 aromatic carbocycles. The molecule has 0 fully saturated rings. The number of hydrogen-bond acceptors (Lipinski definition) is 7. The van der Waals surface area contributed by atoms with Gasteiger partial charge in [-0.2, -0.15) is 4.68 Å². The molecule has 2 aromatic heterocycles. The van der Waals surface area contributed by atoms with E-state index in [0.29, 0.717) is 22.2 Å². The first kappa shape index (κ1) is 19.1. The van der Waals surface area contributed by atoms with Crippen LogP contribution < -0.4 is 20.3 Å². The fourth-order valence-corrected chi connectivity index (χ4v) is 3.39. The van der Waals surface area contributed by atoms with Crippen LogP contribution in [0.1, 0.15) is 5.56 Å². The van der Waals surface area contributed by atoms with E-state index in [-0.39, 0.29) is 37.0 Å². The molecule has 0 unspecified atom stereocenters. The zero-order valence-electron chi connectivity index (χ0n) is 16.0. The van der Waals surface area contributed by atoms with Crippen molar-refractivity contribution in [1.82, 2.24) is 29.9 Å². The molecule has 31 heavy (non-hydrogen) atoms. The fraction of sp³-hybridized carbons (Fsp3) is 0.150. The number of aromatic nitrogens is 5. The number of amides is 1. The van der Waals surface area contributed by atoms with Gasteiger partial charge in [-0.1, -0.05) is 28.9 Å². The molecule has 0 saturated heterocycles. The second-order valence-electron chi connectivity index (χ2n) is 6.80. The van der Waals surface area contributed by atoms with Gasteiger partial charge in [-0.25, -0.2) is 4.98 Å². The Morgan fingerprint density at radius 2 is 2.03 bits per heavy atom. The summed E-state index contributed by atoms with van der Waals surface area (Å²) in [4.78, 5) is 29.4. The van der Waals surface area contributed by atoms with Crippen LogP contribution in [0.4, 0.5) is 0 Å². The smallest absolute Gasteiger partial charge is 0.284 e. The molecule has 0 saturated carbocycles. The van der Waals surface area contributed by atoms with Crippen molar-refractivity contribution < 1.29 is 14.3 Å². The predicted molar refractivity (Wildman–Crippen MR) is 110 cm³/mol. The van der Waals surface area contributed by atoms with Gasteiger partial charge >= 0.3 is 0 Å². The first-order chi connectivity index (χ1) is 15.1. The average molecular weight is 439 g/mol. The number of carbonyl (C=O) groups excluding carboxylic acids is 1. The van der Waals surface area contributed by atoms with Crippen LogP contribution in [0.5, 0.6) is 11.5 Å². The highest BCUT2D eigenvalue weighted by Gasteiger charge is 2.16. The molecule has 0 atom stereocenters. The van der Waals surface area contributed by atoms with Crippen LogP contribution in [0.3, 0.4) is 0 Å². The molecule has 11 heteroatoms. The molecule has 1 aliphatic rings. The molecule has 156 valence electrons. The van der Waals surface area contributed by atoms with E-state index in [9.17, 15) is 9.59 Å². The summed E-state index contributed by atoms with van der Waals surface area (Å²) >= 11 is 6.02. The quantitative estimate of drug-likeness (QED) is 0.504. The highest BCUT2D eigenvalue weighted by Crippen LogP contribution is 2.32. The van der Waals surface area contributed by atoms with Crippen molar-refractivity contribution in [3.63, 3.8) is 0 Å². The molecule has 5 rings (SSSR count). The Morgan fingerprint density at radius 1 is 1.16 bits per heavy atom. The molecular formula is C20H15ClN6O4. The third kappa shape index (κ3) is 3.68. The van der Waals surface area contributed by atoms with Crippen molar-refractivity contribution in [2.24, 2.45) is 0 Å². The summed E-state index contributed by atoms with van der Waals surface area (Å²) in [5.74, 6) is 0.968. The number of ether oxygens (including phenoxy) is 2. The fourth-order valence-electron chi connectivity index (χ4n) is 3.20. The average Bonchev–Trinajstić information content (AvgIpc) is 3.41. The van der Waals surface area contributed by atoms with Gasteiger partial charge in [0.1, 0.15) is 12.9 Å². The number of carbonyl (C=O) groups is 1. The summed E-state index contributed by atoms with van der Waals surface area (Å²) in [5.41, 5.74) is 1.36. The molecule has 0 bridgehead atoms. The van der Waals surface area contributed by atoms with E-state index in [0.717, 1.165) is 5.56 Å². The van der Waals surface area contributed by atoms with E-state index >= 15 is 0 Å². The zero-order chi connectivity index (χ0) is 21.4. The maximum atomic E-state index is 12.7. The lowest BCUT2D eigenvalue weighted by Gasteiger charge is -2.08. The molecule has 4 aromatic rings. The molecule has 1 amide bonds. The maximum Gasteiger partial charge on any atom is 0.284 e. The molecule has 3 heterocycles. The minimum absolute atomic E-state index is 0.0612. The van der Waals surface area contributed by atoms with Gasteiger partial charge in [0, 0.05) is 11.6 Å². The van der Waals surface area contributed by atoms with Gasteiger partial charge in [0.05, 0.1) is 5.69 Å². The first-order valence-corrected chi connectivity index (χ1v) is 9.68. The SMILES string of the molecule is O=C(Cn1cnc2c(nnn2-c2cccc(Cl)c2)c1=O)NCc1ccc2c(c1)OCO2. The van der Waals surface area contributed by atoms with Crippen LogP contribution in [0, 0.1) is 0 Å². The molecule has 0 radical (unpaired) electrons. The first-order valence-electron chi connectivity index (χ1n) is 9.30. The second-order valence-corrected chi connectivity index (χ2v) is 7.23. The molecule has 1 aliphatic heterocycles. The van der Waals surface area contributed by atoms with Crippen molar-refractivity contribution in [1.29, 1.82) is 0 Å². The highest BCUT2D eigenvalue weighted by molar-refractivity contribution is 6.30. The van der Waals surface area contributed by atoms with E-state index in [4.69, 9.17) is 21.1 Å². The van der Waals surface area contributed by atoms with Gasteiger partial charge in [0.25, 0.3) is 5.56 Å². The van der Waals surface area contributed by atoms with Crippen LogP contribution >= 0.6 is 11.6 Å². The highest BCUT2D eigenvalue weighted by atomic mass is 35.5. The van der Waals surface area contributed by atoms with Crippen molar-refractivity contribution in [3.05, 3.63) is 69.7 Å². The summed E-state index contributed by atoms with van der Waals surface area (Å²) < 4.78 is 13.2. The largest absolute Gasteiger partial charge is 0.454 e. The van der Waals surface area contributed by atoms with E-state index in [1.807, 2.05) is 6.07 Å². The minimum Gasteiger partial charge on any atom is -0.454 e. The lowest BCUT2D eigenvalue weighted by Crippen LogP contribution is -2.32. The number of nitrogens with zero attached hydrogens (tertiary/aromatic N) is 5. The van der Waals surface area contributed by atoms with Gasteiger partial charge in [0.15, 0.2) is 22.7 Å². The third-order valence-corrected chi connectivity index (χ3v) is 4.96. The van der Waals surface area contributed by atoms with Gasteiger partial charge in [-0.3, -0.25) is 14.2 Å². The third-order valence-electron chi connectivity index (χ3n) is 4.72. The van der Waals surface area contributed by atoms with Gasteiger partial charge in [-0.15, -0.1) is 5.10 Å². The molecule has 1 N–H and O–H groups in total. The van der Waals surface area contributed by atoms with E-state index < -0.39 is 5.56 Å². The van der Waals surface area contributed by atoms with Crippen molar-refractivity contribution in [2.45, 2.75) is 13.1 Å². The number of hydrogen-bond donors (Lipinski definition) is 1.